The molecule has 0 saturated carbocycles. The fourth-order valence-corrected chi connectivity index (χ4v) is 0.800. The van der Waals surface area contributed by atoms with Crippen molar-refractivity contribution >= 4 is 0 Å². The third-order valence-corrected chi connectivity index (χ3v) is 2.49. The van der Waals surface area contributed by atoms with Gasteiger partial charge in [0.05, 0.1) is 0 Å². The van der Waals surface area contributed by atoms with Gasteiger partial charge in [0.25, 0.3) is 0 Å². The van der Waals surface area contributed by atoms with Gasteiger partial charge in [-0.2, -0.15) is 0 Å². The fourth-order valence-electron chi connectivity index (χ4n) is 0.800. The zero-order valence-corrected chi connectivity index (χ0v) is 8.81. The minimum Gasteiger partial charge on any atom is -0.0823 e. The SMILES string of the molecule is C/C(=C\[C@@H](C)C(C)C)C(C)C. The summed E-state index contributed by atoms with van der Waals surface area (Å²) in [4.78, 5) is 0. The molecule has 0 heteroatoms. The summed E-state index contributed by atoms with van der Waals surface area (Å²) in [6, 6.07) is 0. The third-order valence-electron chi connectivity index (χ3n) is 2.49. The first-order chi connectivity index (χ1) is 4.95. The van der Waals surface area contributed by atoms with E-state index in [9.17, 15) is 0 Å². The lowest BCUT2D eigenvalue weighted by Crippen LogP contribution is -2.02. The Morgan fingerprint density at radius 2 is 1.45 bits per heavy atom. The van der Waals surface area contributed by atoms with Crippen LogP contribution in [0.15, 0.2) is 11.6 Å². The summed E-state index contributed by atoms with van der Waals surface area (Å²) >= 11 is 0. The summed E-state index contributed by atoms with van der Waals surface area (Å²) < 4.78 is 0. The van der Waals surface area contributed by atoms with Gasteiger partial charge in [-0.25, -0.2) is 0 Å². The molecular weight excluding hydrogens is 132 g/mol. The van der Waals surface area contributed by atoms with Crippen LogP contribution in [0.25, 0.3) is 0 Å². The van der Waals surface area contributed by atoms with E-state index in [-0.39, 0.29) is 0 Å². The van der Waals surface area contributed by atoms with Gasteiger partial charge in [0.2, 0.25) is 0 Å². The van der Waals surface area contributed by atoms with Gasteiger partial charge in [0.1, 0.15) is 0 Å². The standard InChI is InChI=1S/C11H22/c1-8(2)10(5)7-11(6)9(3)4/h7-10H,1-6H3/b11-7+/t10-/m1/s1. The second-order valence-corrected chi connectivity index (χ2v) is 4.17. The predicted molar refractivity (Wildman–Crippen MR) is 52.6 cm³/mol. The van der Waals surface area contributed by atoms with Crippen molar-refractivity contribution in [1.82, 2.24) is 0 Å². The highest BCUT2D eigenvalue weighted by molar-refractivity contribution is 5.03. The van der Waals surface area contributed by atoms with Crippen LogP contribution in [0.2, 0.25) is 0 Å². The average molecular weight is 154 g/mol. The van der Waals surface area contributed by atoms with Crippen LogP contribution in [0, 0.1) is 17.8 Å². The summed E-state index contributed by atoms with van der Waals surface area (Å²) in [7, 11) is 0. The predicted octanol–water partition coefficient (Wildman–Crippen LogP) is 3.88. The minimum atomic E-state index is 0.705. The Kier molecular flexibility index (Phi) is 4.48. The lowest BCUT2D eigenvalue weighted by atomic mass is 9.93. The average Bonchev–Trinajstić information content (AvgIpc) is 1.87. The molecule has 0 aliphatic heterocycles. The molecule has 0 saturated heterocycles. The van der Waals surface area contributed by atoms with E-state index in [4.69, 9.17) is 0 Å². The van der Waals surface area contributed by atoms with Crippen molar-refractivity contribution < 1.29 is 0 Å². The monoisotopic (exact) mass is 154 g/mol. The van der Waals surface area contributed by atoms with Crippen molar-refractivity contribution in [2.75, 3.05) is 0 Å². The van der Waals surface area contributed by atoms with Crippen LogP contribution in [0.4, 0.5) is 0 Å². The quantitative estimate of drug-likeness (QED) is 0.541. The summed E-state index contributed by atoms with van der Waals surface area (Å²) in [5.41, 5.74) is 1.52. The first kappa shape index (κ1) is 10.7. The van der Waals surface area contributed by atoms with Crippen LogP contribution in [0.3, 0.4) is 0 Å². The second-order valence-electron chi connectivity index (χ2n) is 4.17. The molecule has 1 atom stereocenters. The van der Waals surface area contributed by atoms with E-state index in [0.29, 0.717) is 5.92 Å². The molecular formula is C11H22. The zero-order valence-electron chi connectivity index (χ0n) is 8.81. The van der Waals surface area contributed by atoms with Crippen LogP contribution in [0.5, 0.6) is 0 Å². The van der Waals surface area contributed by atoms with Crippen molar-refractivity contribution in [3.8, 4) is 0 Å². The molecule has 0 amide bonds. The maximum atomic E-state index is 2.40. The van der Waals surface area contributed by atoms with Gasteiger partial charge in [-0.3, -0.25) is 0 Å². The zero-order chi connectivity index (χ0) is 9.02. The van der Waals surface area contributed by atoms with Gasteiger partial charge in [0.15, 0.2) is 0 Å². The van der Waals surface area contributed by atoms with Crippen LogP contribution < -0.4 is 0 Å². The van der Waals surface area contributed by atoms with Crippen LogP contribution >= 0.6 is 0 Å². The summed E-state index contributed by atoms with van der Waals surface area (Å²) in [5.74, 6) is 2.19. The van der Waals surface area contributed by atoms with Gasteiger partial charge in [-0.05, 0) is 24.7 Å². The van der Waals surface area contributed by atoms with Crippen LogP contribution in [0.1, 0.15) is 41.5 Å². The van der Waals surface area contributed by atoms with Gasteiger partial charge < -0.3 is 0 Å². The molecule has 0 spiro atoms. The molecule has 0 heterocycles. The van der Waals surface area contributed by atoms with Crippen LogP contribution in [-0.2, 0) is 0 Å². The summed E-state index contributed by atoms with van der Waals surface area (Å²) in [5, 5.41) is 0. The number of hydrogen-bond acceptors (Lipinski definition) is 0. The molecule has 0 nitrogen and oxygen atoms in total. The normalized spacial score (nSPS) is 16.2. The molecule has 66 valence electrons. The first-order valence-electron chi connectivity index (χ1n) is 4.63. The Morgan fingerprint density at radius 1 is 1.00 bits per heavy atom. The largest absolute Gasteiger partial charge is 0.0823 e. The Bertz CT molecular complexity index is 129. The van der Waals surface area contributed by atoms with Gasteiger partial charge in [-0.15, -0.1) is 0 Å². The highest BCUT2D eigenvalue weighted by Gasteiger charge is 2.04. The van der Waals surface area contributed by atoms with E-state index < -0.39 is 0 Å². The summed E-state index contributed by atoms with van der Waals surface area (Å²) in [6.07, 6.45) is 2.40. The molecule has 0 rings (SSSR count). The molecule has 11 heavy (non-hydrogen) atoms. The van der Waals surface area contributed by atoms with E-state index in [2.05, 4.69) is 47.6 Å². The van der Waals surface area contributed by atoms with E-state index in [0.717, 1.165) is 11.8 Å². The number of rotatable bonds is 3. The molecule has 0 fully saturated rings. The number of hydrogen-bond donors (Lipinski definition) is 0. The maximum absolute atomic E-state index is 2.40. The van der Waals surface area contributed by atoms with Gasteiger partial charge >= 0.3 is 0 Å². The fraction of sp³-hybridized carbons (Fsp3) is 0.818. The highest BCUT2D eigenvalue weighted by atomic mass is 14.1. The lowest BCUT2D eigenvalue weighted by Gasteiger charge is -2.13. The van der Waals surface area contributed by atoms with Crippen molar-refractivity contribution in [3.63, 3.8) is 0 Å². The minimum absolute atomic E-state index is 0.705. The third kappa shape index (κ3) is 4.23. The lowest BCUT2D eigenvalue weighted by molar-refractivity contribution is 0.497. The van der Waals surface area contributed by atoms with Crippen molar-refractivity contribution in [2.45, 2.75) is 41.5 Å². The Morgan fingerprint density at radius 3 is 1.73 bits per heavy atom. The topological polar surface area (TPSA) is 0 Å². The van der Waals surface area contributed by atoms with Crippen LogP contribution in [-0.4, -0.2) is 0 Å². The van der Waals surface area contributed by atoms with Crippen molar-refractivity contribution in [2.24, 2.45) is 17.8 Å². The molecule has 0 aliphatic rings. The molecule has 0 aromatic rings. The van der Waals surface area contributed by atoms with E-state index in [1.165, 1.54) is 5.57 Å². The second kappa shape index (κ2) is 4.58. The Hall–Kier alpha value is -0.260. The maximum Gasteiger partial charge on any atom is -0.0236 e. The smallest absolute Gasteiger partial charge is 0.0236 e. The summed E-state index contributed by atoms with van der Waals surface area (Å²) in [6.45, 7) is 13.6. The molecule has 0 aromatic carbocycles. The Balaban J connectivity index is 4.07. The van der Waals surface area contributed by atoms with E-state index in [1.54, 1.807) is 0 Å². The molecule has 0 radical (unpaired) electrons. The Labute approximate surface area is 71.7 Å². The van der Waals surface area contributed by atoms with E-state index >= 15 is 0 Å². The highest BCUT2D eigenvalue weighted by Crippen LogP contribution is 2.17. The van der Waals surface area contributed by atoms with Crippen molar-refractivity contribution in [1.29, 1.82) is 0 Å². The molecule has 0 aliphatic carbocycles. The number of allylic oxidation sites excluding steroid dienone is 2. The van der Waals surface area contributed by atoms with Gasteiger partial charge in [0, 0.05) is 0 Å². The van der Waals surface area contributed by atoms with E-state index in [1.807, 2.05) is 0 Å². The molecule has 0 unspecified atom stereocenters. The molecule has 0 bridgehead atoms. The van der Waals surface area contributed by atoms with Gasteiger partial charge in [-0.1, -0.05) is 46.3 Å². The van der Waals surface area contributed by atoms with Crippen molar-refractivity contribution in [3.05, 3.63) is 11.6 Å². The first-order valence-corrected chi connectivity index (χ1v) is 4.63. The molecule has 0 N–H and O–H groups in total. The molecule has 0 aromatic heterocycles.